The Labute approximate surface area is 170 Å². The number of imidazole rings is 1. The number of ether oxygens (including phenoxy) is 1. The molecule has 1 atom stereocenters. The SMILES string of the molecule is Cc1c(C(OCc2ccccc2)c2cncn2C)ccc(F)c1-c1ccccc1. The molecule has 0 bridgehead atoms. The van der Waals surface area contributed by atoms with Gasteiger partial charge >= 0.3 is 0 Å². The number of aromatic nitrogens is 2. The van der Waals surface area contributed by atoms with E-state index in [-0.39, 0.29) is 11.9 Å². The van der Waals surface area contributed by atoms with Crippen LogP contribution in [0.2, 0.25) is 0 Å². The molecule has 4 aromatic rings. The third-order valence-corrected chi connectivity index (χ3v) is 5.18. The summed E-state index contributed by atoms with van der Waals surface area (Å²) >= 11 is 0. The van der Waals surface area contributed by atoms with Crippen molar-refractivity contribution in [3.05, 3.63) is 114 Å². The van der Waals surface area contributed by atoms with Gasteiger partial charge in [-0.15, -0.1) is 0 Å². The van der Waals surface area contributed by atoms with Gasteiger partial charge in [-0.1, -0.05) is 66.7 Å². The van der Waals surface area contributed by atoms with E-state index >= 15 is 0 Å². The van der Waals surface area contributed by atoms with Crippen molar-refractivity contribution in [1.29, 1.82) is 0 Å². The fraction of sp³-hybridized carbons (Fsp3) is 0.160. The lowest BCUT2D eigenvalue weighted by Gasteiger charge is -2.23. The first-order valence-corrected chi connectivity index (χ1v) is 9.61. The topological polar surface area (TPSA) is 27.1 Å². The van der Waals surface area contributed by atoms with Crippen LogP contribution in [0.15, 0.2) is 85.3 Å². The zero-order valence-corrected chi connectivity index (χ0v) is 16.5. The molecule has 4 heteroatoms. The van der Waals surface area contributed by atoms with Crippen molar-refractivity contribution < 1.29 is 9.13 Å². The molecule has 1 unspecified atom stereocenters. The Hall–Kier alpha value is -3.24. The average molecular weight is 386 g/mol. The number of rotatable bonds is 6. The molecule has 0 aliphatic heterocycles. The maximum Gasteiger partial charge on any atom is 0.131 e. The highest BCUT2D eigenvalue weighted by Gasteiger charge is 2.23. The number of hydrogen-bond acceptors (Lipinski definition) is 2. The lowest BCUT2D eigenvalue weighted by molar-refractivity contribution is 0.0618. The van der Waals surface area contributed by atoms with Crippen molar-refractivity contribution in [1.82, 2.24) is 9.55 Å². The van der Waals surface area contributed by atoms with Gasteiger partial charge < -0.3 is 9.30 Å². The van der Waals surface area contributed by atoms with Crippen LogP contribution in [0.1, 0.15) is 28.5 Å². The molecule has 0 aliphatic carbocycles. The highest BCUT2D eigenvalue weighted by molar-refractivity contribution is 5.69. The molecule has 0 fully saturated rings. The Morgan fingerprint density at radius 3 is 2.31 bits per heavy atom. The number of hydrogen-bond donors (Lipinski definition) is 0. The van der Waals surface area contributed by atoms with Crippen LogP contribution in [0, 0.1) is 12.7 Å². The third-order valence-electron chi connectivity index (χ3n) is 5.18. The molecule has 0 spiro atoms. The summed E-state index contributed by atoms with van der Waals surface area (Å²) < 4.78 is 23.1. The summed E-state index contributed by atoms with van der Waals surface area (Å²) in [5, 5.41) is 0. The highest BCUT2D eigenvalue weighted by Crippen LogP contribution is 2.35. The van der Waals surface area contributed by atoms with E-state index in [9.17, 15) is 4.39 Å². The molecule has 0 amide bonds. The maximum atomic E-state index is 14.8. The largest absolute Gasteiger partial charge is 0.362 e. The Morgan fingerprint density at radius 1 is 0.966 bits per heavy atom. The van der Waals surface area contributed by atoms with Crippen LogP contribution in [0.25, 0.3) is 11.1 Å². The van der Waals surface area contributed by atoms with Crippen molar-refractivity contribution in [2.45, 2.75) is 19.6 Å². The lowest BCUT2D eigenvalue weighted by atomic mass is 9.92. The van der Waals surface area contributed by atoms with Crippen LogP contribution in [0.3, 0.4) is 0 Å². The summed E-state index contributed by atoms with van der Waals surface area (Å²) in [4.78, 5) is 4.26. The van der Waals surface area contributed by atoms with Gasteiger partial charge in [0.15, 0.2) is 0 Å². The van der Waals surface area contributed by atoms with Crippen LogP contribution >= 0.6 is 0 Å². The van der Waals surface area contributed by atoms with Gasteiger partial charge in [0.1, 0.15) is 11.9 Å². The molecule has 0 N–H and O–H groups in total. The fourth-order valence-electron chi connectivity index (χ4n) is 3.65. The molecular formula is C25H23FN2O. The van der Waals surface area contributed by atoms with Crippen molar-refractivity contribution in [3.63, 3.8) is 0 Å². The third kappa shape index (κ3) is 3.98. The summed E-state index contributed by atoms with van der Waals surface area (Å²) in [6.07, 6.45) is 3.21. The van der Waals surface area contributed by atoms with E-state index in [1.807, 2.05) is 85.3 Å². The first kappa shape index (κ1) is 19.1. The lowest BCUT2D eigenvalue weighted by Crippen LogP contribution is -2.12. The minimum Gasteiger partial charge on any atom is -0.362 e. The molecule has 1 heterocycles. The fourth-order valence-corrected chi connectivity index (χ4v) is 3.65. The molecule has 146 valence electrons. The highest BCUT2D eigenvalue weighted by atomic mass is 19.1. The maximum absolute atomic E-state index is 14.8. The molecule has 0 saturated carbocycles. The van der Waals surface area contributed by atoms with Gasteiger partial charge in [-0.3, -0.25) is 0 Å². The molecule has 0 aliphatic rings. The van der Waals surface area contributed by atoms with Gasteiger partial charge in [-0.25, -0.2) is 9.37 Å². The summed E-state index contributed by atoms with van der Waals surface area (Å²) in [6.45, 7) is 2.41. The van der Waals surface area contributed by atoms with Gasteiger partial charge in [0, 0.05) is 12.6 Å². The minimum absolute atomic E-state index is 0.232. The Bertz CT molecular complexity index is 1090. The Morgan fingerprint density at radius 2 is 1.66 bits per heavy atom. The van der Waals surface area contributed by atoms with Gasteiger partial charge in [-0.2, -0.15) is 0 Å². The molecule has 29 heavy (non-hydrogen) atoms. The first-order valence-electron chi connectivity index (χ1n) is 9.61. The van der Waals surface area contributed by atoms with Gasteiger partial charge in [0.25, 0.3) is 0 Å². The summed E-state index contributed by atoms with van der Waals surface area (Å²) in [5.41, 5.74) is 5.28. The van der Waals surface area contributed by atoms with Crippen molar-refractivity contribution in [2.24, 2.45) is 7.05 Å². The zero-order chi connectivity index (χ0) is 20.2. The first-order chi connectivity index (χ1) is 14.1. The quantitative estimate of drug-likeness (QED) is 0.416. The van der Waals surface area contributed by atoms with Crippen molar-refractivity contribution in [3.8, 4) is 11.1 Å². The number of nitrogens with zero attached hydrogens (tertiary/aromatic N) is 2. The number of halogens is 1. The Kier molecular flexibility index (Phi) is 5.54. The zero-order valence-electron chi connectivity index (χ0n) is 16.5. The molecule has 0 radical (unpaired) electrons. The molecular weight excluding hydrogens is 363 g/mol. The smallest absolute Gasteiger partial charge is 0.131 e. The van der Waals surface area contributed by atoms with Crippen LogP contribution in [0.5, 0.6) is 0 Å². The van der Waals surface area contributed by atoms with Gasteiger partial charge in [0.05, 0.1) is 24.8 Å². The normalized spacial score (nSPS) is 12.1. The number of aryl methyl sites for hydroxylation is 1. The van der Waals surface area contributed by atoms with Gasteiger partial charge in [-0.05, 0) is 35.2 Å². The molecule has 3 nitrogen and oxygen atoms in total. The van der Waals surface area contributed by atoms with E-state index in [1.54, 1.807) is 12.5 Å². The predicted molar refractivity (Wildman–Crippen MR) is 113 cm³/mol. The monoisotopic (exact) mass is 386 g/mol. The van der Waals surface area contributed by atoms with E-state index in [0.717, 1.165) is 27.9 Å². The van der Waals surface area contributed by atoms with Crippen molar-refractivity contribution in [2.75, 3.05) is 0 Å². The van der Waals surface area contributed by atoms with Crippen LogP contribution in [-0.2, 0) is 18.4 Å². The Balaban J connectivity index is 1.78. The standard InChI is InChI=1S/C25H23FN2O/c1-18-21(13-14-22(26)24(18)20-11-7-4-8-12-20)25(23-15-27-17-28(23)2)29-16-19-9-5-3-6-10-19/h3-15,17,25H,16H2,1-2H3. The van der Waals surface area contributed by atoms with Gasteiger partial charge in [0.2, 0.25) is 0 Å². The summed E-state index contributed by atoms with van der Waals surface area (Å²) in [6, 6.07) is 23.0. The van der Waals surface area contributed by atoms with Crippen molar-refractivity contribution >= 4 is 0 Å². The second-order valence-corrected chi connectivity index (χ2v) is 7.11. The second-order valence-electron chi connectivity index (χ2n) is 7.11. The predicted octanol–water partition coefficient (Wildman–Crippen LogP) is 5.84. The van der Waals surface area contributed by atoms with E-state index in [2.05, 4.69) is 4.98 Å². The summed E-state index contributed by atoms with van der Waals surface area (Å²) in [7, 11) is 1.94. The molecule has 1 aromatic heterocycles. The minimum atomic E-state index is -0.356. The average Bonchev–Trinajstić information content (AvgIpc) is 3.17. The van der Waals surface area contributed by atoms with E-state index < -0.39 is 0 Å². The molecule has 3 aromatic carbocycles. The van der Waals surface area contributed by atoms with Crippen LogP contribution < -0.4 is 0 Å². The summed E-state index contributed by atoms with van der Waals surface area (Å²) in [5.74, 6) is -0.232. The van der Waals surface area contributed by atoms with Crippen LogP contribution in [-0.4, -0.2) is 9.55 Å². The molecule has 4 rings (SSSR count). The van der Waals surface area contributed by atoms with Crippen LogP contribution in [0.4, 0.5) is 4.39 Å². The molecule has 0 saturated heterocycles. The number of benzene rings is 3. The second kappa shape index (κ2) is 8.41. The van der Waals surface area contributed by atoms with E-state index in [1.165, 1.54) is 6.07 Å². The van der Waals surface area contributed by atoms with E-state index in [4.69, 9.17) is 4.74 Å². The van der Waals surface area contributed by atoms with E-state index in [0.29, 0.717) is 12.2 Å².